The van der Waals surface area contributed by atoms with Crippen molar-refractivity contribution in [2.75, 3.05) is 0 Å². The SMILES string of the molecule is CCCCCCCCCCCCC(=O)NNC(=O)C1CCC(CCCC)CC1. The predicted molar refractivity (Wildman–Crippen MR) is 118 cm³/mol. The average molecular weight is 395 g/mol. The highest BCUT2D eigenvalue weighted by Crippen LogP contribution is 2.31. The topological polar surface area (TPSA) is 58.2 Å². The van der Waals surface area contributed by atoms with E-state index in [0.717, 1.165) is 44.4 Å². The molecule has 1 saturated carbocycles. The molecule has 0 bridgehead atoms. The molecule has 0 aliphatic heterocycles. The standard InChI is InChI=1S/C24H46N2O2/c1-3-5-7-8-9-10-11-12-13-14-16-23(27)25-26-24(28)22-19-17-21(18-20-22)15-6-4-2/h21-22H,3-20H2,1-2H3,(H,25,27)(H,26,28). The number of unbranched alkanes of at least 4 members (excludes halogenated alkanes) is 10. The maximum Gasteiger partial charge on any atom is 0.241 e. The Bertz CT molecular complexity index is 403. The summed E-state index contributed by atoms with van der Waals surface area (Å²) in [5.41, 5.74) is 5.27. The number of hydrogen-bond donors (Lipinski definition) is 2. The molecule has 28 heavy (non-hydrogen) atoms. The molecule has 1 rings (SSSR count). The fourth-order valence-corrected chi connectivity index (χ4v) is 4.27. The zero-order chi connectivity index (χ0) is 20.5. The summed E-state index contributed by atoms with van der Waals surface area (Å²) in [6, 6.07) is 0. The third-order valence-electron chi connectivity index (χ3n) is 6.27. The van der Waals surface area contributed by atoms with Crippen molar-refractivity contribution in [2.45, 2.75) is 129 Å². The van der Waals surface area contributed by atoms with Gasteiger partial charge in [-0.15, -0.1) is 0 Å². The number of amides is 2. The van der Waals surface area contributed by atoms with Gasteiger partial charge in [0.15, 0.2) is 0 Å². The van der Waals surface area contributed by atoms with Gasteiger partial charge in [-0.25, -0.2) is 0 Å². The van der Waals surface area contributed by atoms with Crippen LogP contribution in [-0.2, 0) is 9.59 Å². The van der Waals surface area contributed by atoms with Crippen LogP contribution in [0.15, 0.2) is 0 Å². The first-order chi connectivity index (χ1) is 13.7. The van der Waals surface area contributed by atoms with Gasteiger partial charge < -0.3 is 0 Å². The third kappa shape index (κ3) is 12.4. The maximum absolute atomic E-state index is 12.2. The van der Waals surface area contributed by atoms with Crippen molar-refractivity contribution < 1.29 is 9.59 Å². The van der Waals surface area contributed by atoms with Gasteiger partial charge in [0.1, 0.15) is 0 Å². The quantitative estimate of drug-likeness (QED) is 0.248. The second kappa shape index (κ2) is 16.9. The Morgan fingerprint density at radius 2 is 1.21 bits per heavy atom. The molecule has 1 fully saturated rings. The highest BCUT2D eigenvalue weighted by molar-refractivity contribution is 5.83. The van der Waals surface area contributed by atoms with E-state index in [4.69, 9.17) is 0 Å². The molecule has 0 saturated heterocycles. The van der Waals surface area contributed by atoms with Gasteiger partial charge in [-0.3, -0.25) is 20.4 Å². The van der Waals surface area contributed by atoms with E-state index in [-0.39, 0.29) is 17.7 Å². The Hall–Kier alpha value is -1.06. The lowest BCUT2D eigenvalue weighted by Gasteiger charge is -2.27. The summed E-state index contributed by atoms with van der Waals surface area (Å²) < 4.78 is 0. The maximum atomic E-state index is 12.2. The summed E-state index contributed by atoms with van der Waals surface area (Å²) in [4.78, 5) is 24.2. The van der Waals surface area contributed by atoms with E-state index >= 15 is 0 Å². The number of carbonyl (C=O) groups excluding carboxylic acids is 2. The van der Waals surface area contributed by atoms with Gasteiger partial charge in [0.05, 0.1) is 0 Å². The molecular formula is C24H46N2O2. The summed E-state index contributed by atoms with van der Waals surface area (Å²) in [6.07, 6.45) is 21.3. The Morgan fingerprint density at radius 3 is 1.79 bits per heavy atom. The summed E-state index contributed by atoms with van der Waals surface area (Å²) in [6.45, 7) is 4.48. The minimum absolute atomic E-state index is 0.00497. The minimum atomic E-state index is -0.0513. The van der Waals surface area contributed by atoms with Gasteiger partial charge in [-0.1, -0.05) is 90.9 Å². The zero-order valence-corrected chi connectivity index (χ0v) is 18.7. The Kier molecular flexibility index (Phi) is 15.0. The van der Waals surface area contributed by atoms with E-state index in [1.807, 2.05) is 0 Å². The molecule has 1 aliphatic carbocycles. The van der Waals surface area contributed by atoms with Gasteiger partial charge in [0.25, 0.3) is 0 Å². The molecule has 0 aromatic heterocycles. The number of carbonyl (C=O) groups is 2. The van der Waals surface area contributed by atoms with Crippen LogP contribution in [0.5, 0.6) is 0 Å². The number of nitrogens with one attached hydrogen (secondary N) is 2. The molecule has 2 N–H and O–H groups in total. The normalized spacial score (nSPS) is 19.4. The summed E-state index contributed by atoms with van der Waals surface area (Å²) in [5, 5.41) is 0. The van der Waals surface area contributed by atoms with Crippen LogP contribution in [0.4, 0.5) is 0 Å². The van der Waals surface area contributed by atoms with E-state index in [9.17, 15) is 9.59 Å². The molecular weight excluding hydrogens is 348 g/mol. The fraction of sp³-hybridized carbons (Fsp3) is 0.917. The third-order valence-corrected chi connectivity index (χ3v) is 6.27. The molecule has 0 radical (unpaired) electrons. The Labute approximate surface area is 174 Å². The van der Waals surface area contributed by atoms with Gasteiger partial charge >= 0.3 is 0 Å². The van der Waals surface area contributed by atoms with Crippen LogP contribution in [0.1, 0.15) is 129 Å². The van der Waals surface area contributed by atoms with Crippen LogP contribution in [0.2, 0.25) is 0 Å². The molecule has 2 amide bonds. The summed E-state index contributed by atoms with van der Waals surface area (Å²) >= 11 is 0. The number of hydrazine groups is 1. The number of rotatable bonds is 15. The molecule has 0 atom stereocenters. The van der Waals surface area contributed by atoms with Crippen LogP contribution in [0.25, 0.3) is 0 Å². The van der Waals surface area contributed by atoms with Gasteiger partial charge in [-0.05, 0) is 38.0 Å². The van der Waals surface area contributed by atoms with Gasteiger partial charge in [-0.2, -0.15) is 0 Å². The van der Waals surface area contributed by atoms with Crippen molar-refractivity contribution in [2.24, 2.45) is 11.8 Å². The zero-order valence-electron chi connectivity index (χ0n) is 18.7. The fourth-order valence-electron chi connectivity index (χ4n) is 4.27. The van der Waals surface area contributed by atoms with Crippen LogP contribution >= 0.6 is 0 Å². The van der Waals surface area contributed by atoms with Crippen LogP contribution in [0, 0.1) is 11.8 Å². The van der Waals surface area contributed by atoms with E-state index in [0.29, 0.717) is 6.42 Å². The van der Waals surface area contributed by atoms with Crippen LogP contribution < -0.4 is 10.9 Å². The molecule has 1 aliphatic rings. The number of hydrogen-bond acceptors (Lipinski definition) is 2. The van der Waals surface area contributed by atoms with Crippen molar-refractivity contribution in [3.05, 3.63) is 0 Å². The van der Waals surface area contributed by atoms with Crippen molar-refractivity contribution in [1.29, 1.82) is 0 Å². The van der Waals surface area contributed by atoms with Crippen molar-refractivity contribution in [1.82, 2.24) is 10.9 Å². The van der Waals surface area contributed by atoms with E-state index in [1.165, 1.54) is 70.6 Å². The highest BCUT2D eigenvalue weighted by atomic mass is 16.2. The van der Waals surface area contributed by atoms with Gasteiger partial charge in [0, 0.05) is 12.3 Å². The summed E-state index contributed by atoms with van der Waals surface area (Å²) in [5.74, 6) is 0.834. The smallest absolute Gasteiger partial charge is 0.241 e. The van der Waals surface area contributed by atoms with Crippen LogP contribution in [-0.4, -0.2) is 11.8 Å². The second-order valence-corrected chi connectivity index (χ2v) is 8.83. The molecule has 4 nitrogen and oxygen atoms in total. The first kappa shape index (κ1) is 25.0. The molecule has 0 heterocycles. The van der Waals surface area contributed by atoms with Crippen LogP contribution in [0.3, 0.4) is 0 Å². The lowest BCUT2D eigenvalue weighted by molar-refractivity contribution is -0.132. The largest absolute Gasteiger partial charge is 0.273 e. The highest BCUT2D eigenvalue weighted by Gasteiger charge is 2.26. The molecule has 0 unspecified atom stereocenters. The molecule has 0 aromatic carbocycles. The van der Waals surface area contributed by atoms with Gasteiger partial charge in [0.2, 0.25) is 11.8 Å². The van der Waals surface area contributed by atoms with Crippen molar-refractivity contribution in [3.8, 4) is 0 Å². The molecule has 164 valence electrons. The molecule has 4 heteroatoms. The van der Waals surface area contributed by atoms with E-state index in [1.54, 1.807) is 0 Å². The Balaban J connectivity index is 1.95. The monoisotopic (exact) mass is 394 g/mol. The Morgan fingerprint density at radius 1 is 0.679 bits per heavy atom. The predicted octanol–water partition coefficient (Wildman–Crippen LogP) is 6.44. The first-order valence-electron chi connectivity index (χ1n) is 12.3. The molecule has 0 spiro atoms. The van der Waals surface area contributed by atoms with Crippen molar-refractivity contribution in [3.63, 3.8) is 0 Å². The average Bonchev–Trinajstić information content (AvgIpc) is 2.72. The lowest BCUT2D eigenvalue weighted by Crippen LogP contribution is -2.45. The molecule has 0 aromatic rings. The second-order valence-electron chi connectivity index (χ2n) is 8.83. The van der Waals surface area contributed by atoms with E-state index < -0.39 is 0 Å². The first-order valence-corrected chi connectivity index (χ1v) is 12.3. The summed E-state index contributed by atoms with van der Waals surface area (Å²) in [7, 11) is 0. The van der Waals surface area contributed by atoms with Crippen molar-refractivity contribution >= 4 is 11.8 Å². The minimum Gasteiger partial charge on any atom is -0.273 e. The lowest BCUT2D eigenvalue weighted by atomic mass is 9.79. The van der Waals surface area contributed by atoms with E-state index in [2.05, 4.69) is 24.7 Å².